The molecule has 1 fully saturated rings. The quantitative estimate of drug-likeness (QED) is 0.672. The van der Waals surface area contributed by atoms with Gasteiger partial charge in [0.2, 0.25) is 10.0 Å². The first-order chi connectivity index (χ1) is 14.9. The summed E-state index contributed by atoms with van der Waals surface area (Å²) in [7, 11) is -3.74. The van der Waals surface area contributed by atoms with Gasteiger partial charge in [-0.05, 0) is 61.0 Å². The van der Waals surface area contributed by atoms with Crippen molar-refractivity contribution in [1.82, 2.24) is 13.8 Å². The molecule has 2 aromatic carbocycles. The maximum Gasteiger partial charge on any atom is 0.321 e. The zero-order valence-corrected chi connectivity index (χ0v) is 17.6. The third kappa shape index (κ3) is 4.78. The molecule has 1 aromatic heterocycles. The summed E-state index contributed by atoms with van der Waals surface area (Å²) in [4.78, 5) is 14.4. The average Bonchev–Trinajstić information content (AvgIpc) is 3.18. The van der Waals surface area contributed by atoms with E-state index >= 15 is 0 Å². The molecule has 9 heteroatoms. The van der Waals surface area contributed by atoms with Crippen molar-refractivity contribution >= 4 is 21.7 Å². The lowest BCUT2D eigenvalue weighted by Crippen LogP contribution is -2.39. The molecule has 31 heavy (non-hydrogen) atoms. The highest BCUT2D eigenvalue weighted by Gasteiger charge is 2.28. The second kappa shape index (κ2) is 8.91. The van der Waals surface area contributed by atoms with Crippen molar-refractivity contribution in [3.05, 3.63) is 78.9 Å². The first-order valence-corrected chi connectivity index (χ1v) is 11.4. The van der Waals surface area contributed by atoms with Crippen LogP contribution in [-0.2, 0) is 10.0 Å². The van der Waals surface area contributed by atoms with Gasteiger partial charge in [0.15, 0.2) is 0 Å². The van der Waals surface area contributed by atoms with Gasteiger partial charge in [-0.3, -0.25) is 0 Å². The molecule has 2 amide bonds. The van der Waals surface area contributed by atoms with Crippen molar-refractivity contribution in [3.8, 4) is 5.69 Å². The van der Waals surface area contributed by atoms with E-state index in [2.05, 4.69) is 5.32 Å². The Bertz CT molecular complexity index is 1150. The number of halogens is 1. The number of hydrogen-bond acceptors (Lipinski definition) is 3. The van der Waals surface area contributed by atoms with Crippen LogP contribution in [0.2, 0.25) is 0 Å². The van der Waals surface area contributed by atoms with Gasteiger partial charge in [-0.15, -0.1) is 0 Å². The van der Waals surface area contributed by atoms with E-state index in [1.165, 1.54) is 16.4 Å². The fourth-order valence-electron chi connectivity index (χ4n) is 3.55. The second-order valence-corrected chi connectivity index (χ2v) is 9.21. The summed E-state index contributed by atoms with van der Waals surface area (Å²) in [6, 6.07) is 15.9. The summed E-state index contributed by atoms with van der Waals surface area (Å²) in [5.41, 5.74) is 1.59. The standard InChI is InChI=1S/C22H23FN4O3S/c23-18-7-9-21(10-8-18)31(29,30)27-14-4-13-26(15-16-27)22(28)24-19-5-3-6-20(17-19)25-11-1-2-12-25/h1-3,5-12,17H,4,13-16H2,(H,24,28). The SMILES string of the molecule is O=C(Nc1cccc(-n2cccc2)c1)N1CCCN(S(=O)(=O)c2ccc(F)cc2)CC1. The lowest BCUT2D eigenvalue weighted by atomic mass is 10.2. The molecule has 0 unspecified atom stereocenters. The minimum Gasteiger partial charge on any atom is -0.324 e. The van der Waals surface area contributed by atoms with E-state index in [1.54, 1.807) is 4.90 Å². The number of aromatic nitrogens is 1. The number of amides is 2. The average molecular weight is 443 g/mol. The van der Waals surface area contributed by atoms with E-state index in [4.69, 9.17) is 0 Å². The van der Waals surface area contributed by atoms with Crippen molar-refractivity contribution in [2.75, 3.05) is 31.5 Å². The number of benzene rings is 2. The molecule has 162 valence electrons. The monoisotopic (exact) mass is 442 g/mol. The van der Waals surface area contributed by atoms with Gasteiger partial charge in [0.1, 0.15) is 5.82 Å². The lowest BCUT2D eigenvalue weighted by Gasteiger charge is -2.22. The zero-order valence-electron chi connectivity index (χ0n) is 16.8. The highest BCUT2D eigenvalue weighted by atomic mass is 32.2. The Hall–Kier alpha value is -3.17. The molecule has 4 rings (SSSR count). The maximum absolute atomic E-state index is 13.1. The third-order valence-electron chi connectivity index (χ3n) is 5.19. The van der Waals surface area contributed by atoms with Crippen molar-refractivity contribution in [3.63, 3.8) is 0 Å². The Kier molecular flexibility index (Phi) is 6.06. The molecular weight excluding hydrogens is 419 g/mol. The van der Waals surface area contributed by atoms with Crippen LogP contribution in [0.15, 0.2) is 78.0 Å². The molecule has 0 saturated carbocycles. The Morgan fingerprint density at radius 3 is 2.39 bits per heavy atom. The van der Waals surface area contributed by atoms with Gasteiger partial charge in [-0.2, -0.15) is 4.31 Å². The fourth-order valence-corrected chi connectivity index (χ4v) is 5.02. The summed E-state index contributed by atoms with van der Waals surface area (Å²) in [5, 5.41) is 2.90. The predicted molar refractivity (Wildman–Crippen MR) is 116 cm³/mol. The number of urea groups is 1. The van der Waals surface area contributed by atoms with Crippen molar-refractivity contribution in [2.45, 2.75) is 11.3 Å². The van der Waals surface area contributed by atoms with Crippen molar-refractivity contribution < 1.29 is 17.6 Å². The summed E-state index contributed by atoms with van der Waals surface area (Å²) in [6.45, 7) is 1.19. The molecule has 0 bridgehead atoms. The maximum atomic E-state index is 13.1. The van der Waals surface area contributed by atoms with Gasteiger partial charge in [-0.25, -0.2) is 17.6 Å². The van der Waals surface area contributed by atoms with Crippen LogP contribution in [0.25, 0.3) is 5.69 Å². The number of nitrogens with one attached hydrogen (secondary N) is 1. The Morgan fingerprint density at radius 2 is 1.65 bits per heavy atom. The van der Waals surface area contributed by atoms with E-state index in [9.17, 15) is 17.6 Å². The van der Waals surface area contributed by atoms with Crippen molar-refractivity contribution in [1.29, 1.82) is 0 Å². The molecule has 0 radical (unpaired) electrons. The largest absolute Gasteiger partial charge is 0.324 e. The van der Waals surface area contributed by atoms with E-state index in [1.807, 2.05) is 53.4 Å². The molecule has 0 atom stereocenters. The van der Waals surface area contributed by atoms with Gasteiger partial charge in [0.05, 0.1) is 4.90 Å². The number of nitrogens with zero attached hydrogens (tertiary/aromatic N) is 3. The van der Waals surface area contributed by atoms with Gasteiger partial charge >= 0.3 is 6.03 Å². The highest BCUT2D eigenvalue weighted by Crippen LogP contribution is 2.19. The van der Waals surface area contributed by atoms with Crippen LogP contribution >= 0.6 is 0 Å². The van der Waals surface area contributed by atoms with E-state index in [0.717, 1.165) is 17.8 Å². The first kappa shape index (κ1) is 21.1. The number of anilines is 1. The summed E-state index contributed by atoms with van der Waals surface area (Å²) in [6.07, 6.45) is 4.36. The Labute approximate surface area is 180 Å². The predicted octanol–water partition coefficient (Wildman–Crippen LogP) is 3.54. The van der Waals surface area contributed by atoms with Gasteiger partial charge in [0, 0.05) is 49.9 Å². The van der Waals surface area contributed by atoms with Crippen LogP contribution < -0.4 is 5.32 Å². The number of carbonyl (C=O) groups is 1. The summed E-state index contributed by atoms with van der Waals surface area (Å²) >= 11 is 0. The molecule has 1 aliphatic rings. The summed E-state index contributed by atoms with van der Waals surface area (Å²) < 4.78 is 42.1. The smallest absolute Gasteiger partial charge is 0.321 e. The van der Waals surface area contributed by atoms with Crippen molar-refractivity contribution in [2.24, 2.45) is 0 Å². The Morgan fingerprint density at radius 1 is 0.903 bits per heavy atom. The third-order valence-corrected chi connectivity index (χ3v) is 7.11. The normalized spacial score (nSPS) is 15.5. The zero-order chi connectivity index (χ0) is 21.8. The van der Waals surface area contributed by atoms with Gasteiger partial charge in [-0.1, -0.05) is 6.07 Å². The molecular formula is C22H23FN4O3S. The first-order valence-electron chi connectivity index (χ1n) is 9.98. The van der Waals surface area contributed by atoms with Crippen LogP contribution in [0.5, 0.6) is 0 Å². The van der Waals surface area contributed by atoms with Crippen LogP contribution in [0.4, 0.5) is 14.9 Å². The van der Waals surface area contributed by atoms with Crippen LogP contribution in [0.1, 0.15) is 6.42 Å². The topological polar surface area (TPSA) is 74.7 Å². The minimum absolute atomic E-state index is 0.0497. The lowest BCUT2D eigenvalue weighted by molar-refractivity contribution is 0.214. The molecule has 2 heterocycles. The minimum atomic E-state index is -3.74. The number of carbonyl (C=O) groups excluding carboxylic acids is 1. The van der Waals surface area contributed by atoms with Crippen LogP contribution in [0, 0.1) is 5.82 Å². The van der Waals surface area contributed by atoms with Crippen LogP contribution in [0.3, 0.4) is 0 Å². The number of hydrogen-bond donors (Lipinski definition) is 1. The molecule has 0 aliphatic carbocycles. The molecule has 7 nitrogen and oxygen atoms in total. The van der Waals surface area contributed by atoms with E-state index in [0.29, 0.717) is 25.2 Å². The molecule has 0 spiro atoms. The van der Waals surface area contributed by atoms with Crippen LogP contribution in [-0.4, -0.2) is 54.4 Å². The number of rotatable bonds is 4. The highest BCUT2D eigenvalue weighted by molar-refractivity contribution is 7.89. The molecule has 1 saturated heterocycles. The Balaban J connectivity index is 1.41. The van der Waals surface area contributed by atoms with Gasteiger partial charge in [0.25, 0.3) is 0 Å². The number of sulfonamides is 1. The fraction of sp³-hybridized carbons (Fsp3) is 0.227. The molecule has 1 N–H and O–H groups in total. The molecule has 1 aliphatic heterocycles. The van der Waals surface area contributed by atoms with E-state index < -0.39 is 15.8 Å². The molecule has 3 aromatic rings. The van der Waals surface area contributed by atoms with Gasteiger partial charge < -0.3 is 14.8 Å². The summed E-state index contributed by atoms with van der Waals surface area (Å²) in [5.74, 6) is -0.487. The van der Waals surface area contributed by atoms with E-state index in [-0.39, 0.29) is 24.0 Å². The second-order valence-electron chi connectivity index (χ2n) is 7.27.